The summed E-state index contributed by atoms with van der Waals surface area (Å²) in [5.41, 5.74) is 3.10. The van der Waals surface area contributed by atoms with Crippen LogP contribution in [0, 0.1) is 11.8 Å². The van der Waals surface area contributed by atoms with Crippen molar-refractivity contribution < 1.29 is 32.7 Å². The zero-order valence-corrected chi connectivity index (χ0v) is 23.2. The lowest BCUT2D eigenvalue weighted by atomic mass is 9.90. The smallest absolute Gasteiger partial charge is 0.416 e. The Morgan fingerprint density at radius 2 is 1.69 bits per heavy atom. The monoisotopic (exact) mass is 578 g/mol. The van der Waals surface area contributed by atoms with Gasteiger partial charge in [-0.3, -0.25) is 9.59 Å². The largest absolute Gasteiger partial charge is 0.481 e. The fourth-order valence-corrected chi connectivity index (χ4v) is 4.98. The molecule has 0 fully saturated rings. The minimum atomic E-state index is -4.43. The number of rotatable bonds is 10. The Hall–Kier alpha value is -4.40. The number of carbonyl (C=O) groups is 3. The van der Waals surface area contributed by atoms with Gasteiger partial charge in [-0.2, -0.15) is 13.2 Å². The Morgan fingerprint density at radius 3 is 2.26 bits per heavy atom. The van der Waals surface area contributed by atoms with Gasteiger partial charge in [0.05, 0.1) is 17.5 Å². The second-order valence-electron chi connectivity index (χ2n) is 10.6. The van der Waals surface area contributed by atoms with Crippen LogP contribution < -0.4 is 10.6 Å². The molecule has 0 spiro atoms. The molecule has 3 atom stereocenters. The summed E-state index contributed by atoms with van der Waals surface area (Å²) in [5.74, 6) is -2.45. The van der Waals surface area contributed by atoms with Gasteiger partial charge >= 0.3 is 18.2 Å². The van der Waals surface area contributed by atoms with Crippen LogP contribution in [0.25, 0.3) is 11.1 Å². The van der Waals surface area contributed by atoms with Crippen molar-refractivity contribution in [3.63, 3.8) is 0 Å². The van der Waals surface area contributed by atoms with Crippen molar-refractivity contribution >= 4 is 23.5 Å². The minimum absolute atomic E-state index is 0.0601. The molecule has 2 aromatic rings. The summed E-state index contributed by atoms with van der Waals surface area (Å²) >= 11 is 0. The first-order valence-electron chi connectivity index (χ1n) is 13.9. The van der Waals surface area contributed by atoms with Crippen LogP contribution in [0.2, 0.25) is 0 Å². The predicted octanol–water partition coefficient (Wildman–Crippen LogP) is 7.87. The molecule has 2 aliphatic carbocycles. The number of hydrogen-bond acceptors (Lipinski definition) is 3. The molecular formula is C33H33F3N2O4. The van der Waals surface area contributed by atoms with Crippen LogP contribution in [-0.4, -0.2) is 35.1 Å². The average Bonchev–Trinajstić information content (AvgIpc) is 2.96. The van der Waals surface area contributed by atoms with E-state index in [1.54, 1.807) is 55.5 Å². The Balaban J connectivity index is 1.30. The lowest BCUT2D eigenvalue weighted by Gasteiger charge is -2.25. The molecule has 2 aromatic carbocycles. The number of alkyl halides is 3. The van der Waals surface area contributed by atoms with Crippen molar-refractivity contribution in [1.82, 2.24) is 5.32 Å². The van der Waals surface area contributed by atoms with E-state index in [4.69, 9.17) is 0 Å². The maximum absolute atomic E-state index is 12.9. The maximum atomic E-state index is 12.9. The molecule has 4 rings (SSSR count). The molecule has 3 unspecified atom stereocenters. The van der Waals surface area contributed by atoms with Crippen molar-refractivity contribution in [2.24, 2.45) is 11.8 Å². The second kappa shape index (κ2) is 13.5. The Morgan fingerprint density at radius 1 is 1.02 bits per heavy atom. The van der Waals surface area contributed by atoms with Crippen molar-refractivity contribution in [1.29, 1.82) is 0 Å². The second-order valence-corrected chi connectivity index (χ2v) is 10.6. The number of anilines is 1. The standard InChI is InChI=1S/C33H33F3N2O4/c1-21-19-27(33(34,35)36)15-18-29(21)38-32(42)37-28-16-13-24(14-17-28)23-9-11-25(12-10-23)30(39)20-26(31(40)41)8-7-22-5-3-2-4-6-22/h2-3,5,9-19,21,26,29H,4,6-8,20H2,1H3,(H,40,41)(H2,37,38,42). The lowest BCUT2D eigenvalue weighted by molar-refractivity contribution is -0.141. The van der Waals surface area contributed by atoms with Crippen molar-refractivity contribution in [2.75, 3.05) is 5.32 Å². The molecule has 3 N–H and O–H groups in total. The highest BCUT2D eigenvalue weighted by Gasteiger charge is 2.35. The molecule has 6 nitrogen and oxygen atoms in total. The third-order valence-electron chi connectivity index (χ3n) is 7.50. The SMILES string of the molecule is CC1C=C(C(F)(F)F)C=CC1NC(=O)Nc1ccc(-c2ccc(C(=O)CC(CCC3=CC=CCC3)C(=O)O)cc2)cc1. The number of carboxylic acid groups (broad SMARTS) is 1. The summed E-state index contributed by atoms with van der Waals surface area (Å²) in [6.07, 6.45) is 7.95. The number of Topliss-reactive ketones (excluding diaryl/α,β-unsaturated/α-hetero) is 1. The molecule has 9 heteroatoms. The molecule has 0 radical (unpaired) electrons. The van der Waals surface area contributed by atoms with Gasteiger partial charge in [0.1, 0.15) is 0 Å². The molecule has 0 heterocycles. The Kier molecular flexibility index (Phi) is 9.83. The van der Waals surface area contributed by atoms with E-state index in [1.165, 1.54) is 11.6 Å². The molecule has 220 valence electrons. The summed E-state index contributed by atoms with van der Waals surface area (Å²) in [5, 5.41) is 15.0. The zero-order valence-electron chi connectivity index (χ0n) is 23.2. The van der Waals surface area contributed by atoms with Crippen molar-refractivity contribution in [2.45, 2.75) is 51.2 Å². The van der Waals surface area contributed by atoms with Crippen LogP contribution in [0.5, 0.6) is 0 Å². The summed E-state index contributed by atoms with van der Waals surface area (Å²) in [7, 11) is 0. The van der Waals surface area contributed by atoms with Gasteiger partial charge in [-0.25, -0.2) is 4.79 Å². The van der Waals surface area contributed by atoms with E-state index < -0.39 is 41.6 Å². The number of benzene rings is 2. The number of carbonyl (C=O) groups excluding carboxylic acids is 2. The molecule has 42 heavy (non-hydrogen) atoms. The molecule has 2 aliphatic rings. The van der Waals surface area contributed by atoms with Crippen LogP contribution in [-0.2, 0) is 4.79 Å². The summed E-state index contributed by atoms with van der Waals surface area (Å²) in [6, 6.07) is 12.8. The molecule has 0 aliphatic heterocycles. The average molecular weight is 579 g/mol. The number of carboxylic acids is 1. The van der Waals surface area contributed by atoms with Gasteiger partial charge in [0, 0.05) is 17.7 Å². The molecule has 0 aromatic heterocycles. The van der Waals surface area contributed by atoms with Crippen LogP contribution in [0.4, 0.5) is 23.7 Å². The van der Waals surface area contributed by atoms with Gasteiger partial charge < -0.3 is 15.7 Å². The van der Waals surface area contributed by atoms with Crippen molar-refractivity contribution in [3.05, 3.63) is 102 Å². The third kappa shape index (κ3) is 8.31. The van der Waals surface area contributed by atoms with Crippen LogP contribution >= 0.6 is 0 Å². The number of amides is 2. The maximum Gasteiger partial charge on any atom is 0.416 e. The van der Waals surface area contributed by atoms with E-state index in [0.29, 0.717) is 24.1 Å². The van der Waals surface area contributed by atoms with E-state index in [-0.39, 0.29) is 12.2 Å². The molecule has 0 saturated heterocycles. The number of hydrogen-bond donors (Lipinski definition) is 3. The molecule has 0 bridgehead atoms. The van der Waals surface area contributed by atoms with Gasteiger partial charge in [0.15, 0.2) is 5.78 Å². The number of ketones is 1. The summed E-state index contributed by atoms with van der Waals surface area (Å²) in [6.45, 7) is 1.60. The Bertz CT molecular complexity index is 1420. The van der Waals surface area contributed by atoms with Gasteiger partial charge in [-0.05, 0) is 54.9 Å². The van der Waals surface area contributed by atoms with Crippen LogP contribution in [0.15, 0.2) is 96.1 Å². The molecule has 0 saturated carbocycles. The highest BCUT2D eigenvalue weighted by atomic mass is 19.4. The normalized spacial score (nSPS) is 19.0. The van der Waals surface area contributed by atoms with Gasteiger partial charge in [-0.15, -0.1) is 0 Å². The number of urea groups is 1. The van der Waals surface area contributed by atoms with E-state index in [2.05, 4.69) is 16.7 Å². The number of nitrogens with one attached hydrogen (secondary N) is 2. The number of aliphatic carboxylic acids is 1. The van der Waals surface area contributed by atoms with Crippen LogP contribution in [0.1, 0.15) is 49.4 Å². The fraction of sp³-hybridized carbons (Fsp3) is 0.303. The zero-order chi connectivity index (χ0) is 30.3. The Labute approximate surface area is 242 Å². The minimum Gasteiger partial charge on any atom is -0.481 e. The topological polar surface area (TPSA) is 95.5 Å². The fourth-order valence-electron chi connectivity index (χ4n) is 4.98. The van der Waals surface area contributed by atoms with Gasteiger partial charge in [0.2, 0.25) is 0 Å². The summed E-state index contributed by atoms with van der Waals surface area (Å²) < 4.78 is 38.7. The first-order chi connectivity index (χ1) is 20.0. The van der Waals surface area contributed by atoms with Gasteiger partial charge in [-0.1, -0.05) is 85.4 Å². The number of allylic oxidation sites excluding steroid dienone is 6. The third-order valence-corrected chi connectivity index (χ3v) is 7.50. The van der Waals surface area contributed by atoms with E-state index in [9.17, 15) is 32.7 Å². The van der Waals surface area contributed by atoms with E-state index in [0.717, 1.165) is 36.1 Å². The highest BCUT2D eigenvalue weighted by Crippen LogP contribution is 2.31. The quantitative estimate of drug-likeness (QED) is 0.250. The first-order valence-corrected chi connectivity index (χ1v) is 13.9. The molecule has 2 amide bonds. The predicted molar refractivity (Wildman–Crippen MR) is 156 cm³/mol. The highest BCUT2D eigenvalue weighted by molar-refractivity contribution is 5.98. The number of halogens is 3. The first kappa shape index (κ1) is 30.6. The van der Waals surface area contributed by atoms with E-state index in [1.807, 2.05) is 12.2 Å². The van der Waals surface area contributed by atoms with Crippen molar-refractivity contribution in [3.8, 4) is 11.1 Å². The van der Waals surface area contributed by atoms with E-state index >= 15 is 0 Å². The molecular weight excluding hydrogens is 545 g/mol. The van der Waals surface area contributed by atoms with Crippen LogP contribution in [0.3, 0.4) is 0 Å². The van der Waals surface area contributed by atoms with Gasteiger partial charge in [0.25, 0.3) is 0 Å². The summed E-state index contributed by atoms with van der Waals surface area (Å²) in [4.78, 5) is 37.0. The lowest BCUT2D eigenvalue weighted by Crippen LogP contribution is -2.41.